The molecule has 0 saturated carbocycles. The van der Waals surface area contributed by atoms with E-state index in [1.807, 2.05) is 24.4 Å². The molecule has 2 aromatic carbocycles. The maximum absolute atomic E-state index is 5.07. The largest absolute Gasteiger partial charge is 0.370 e. The Balaban J connectivity index is 1.29. The van der Waals surface area contributed by atoms with Crippen molar-refractivity contribution in [2.45, 2.75) is 24.9 Å². The molecule has 2 saturated heterocycles. The number of fused-ring (bicyclic) bond motifs is 3. The van der Waals surface area contributed by atoms with E-state index in [1.165, 1.54) is 12.0 Å². The standard InChI is InChI=1S/C26H26N6/c1-2-6-18(7-3-1)10-12-27-24-14-19(11-13-28-24)25-30-23-9-5-4-8-22(23)26(31-25)32-17-20-15-21(32)16-29-20/h1-9,11,13-14,20-21,29H,10,12,15-17H2,(H,27,28)/t20?,21-/m0/s1. The molecule has 4 heterocycles. The fourth-order valence-corrected chi connectivity index (χ4v) is 4.87. The molecule has 0 spiro atoms. The number of rotatable bonds is 6. The molecule has 2 aromatic heterocycles. The summed E-state index contributed by atoms with van der Waals surface area (Å²) in [5.74, 6) is 2.65. The summed E-state index contributed by atoms with van der Waals surface area (Å²) in [6, 6.07) is 24.0. The summed E-state index contributed by atoms with van der Waals surface area (Å²) in [5.41, 5.74) is 3.28. The number of benzene rings is 2. The van der Waals surface area contributed by atoms with Crippen LogP contribution < -0.4 is 15.5 Å². The monoisotopic (exact) mass is 422 g/mol. The van der Waals surface area contributed by atoms with Gasteiger partial charge in [0.15, 0.2) is 5.82 Å². The van der Waals surface area contributed by atoms with Gasteiger partial charge in [-0.1, -0.05) is 42.5 Å². The quantitative estimate of drug-likeness (QED) is 0.491. The Kier molecular flexibility index (Phi) is 4.92. The number of pyridine rings is 1. The predicted molar refractivity (Wildman–Crippen MR) is 129 cm³/mol. The first-order chi connectivity index (χ1) is 15.8. The number of para-hydroxylation sites is 1. The summed E-state index contributed by atoms with van der Waals surface area (Å²) < 4.78 is 0. The number of nitrogens with one attached hydrogen (secondary N) is 2. The molecule has 4 aromatic rings. The van der Waals surface area contributed by atoms with E-state index in [2.05, 4.69) is 69.0 Å². The highest BCUT2D eigenvalue weighted by atomic mass is 15.3. The number of hydrogen-bond acceptors (Lipinski definition) is 6. The second-order valence-corrected chi connectivity index (χ2v) is 8.63. The molecular weight excluding hydrogens is 396 g/mol. The molecular formula is C26H26N6. The van der Waals surface area contributed by atoms with Crippen LogP contribution in [0.15, 0.2) is 72.9 Å². The first-order valence-corrected chi connectivity index (χ1v) is 11.3. The summed E-state index contributed by atoms with van der Waals surface area (Å²) in [5, 5.41) is 8.16. The van der Waals surface area contributed by atoms with Gasteiger partial charge in [0, 0.05) is 48.9 Å². The smallest absolute Gasteiger partial charge is 0.162 e. The highest BCUT2D eigenvalue weighted by Gasteiger charge is 2.39. The number of hydrogen-bond donors (Lipinski definition) is 2. The van der Waals surface area contributed by atoms with Crippen LogP contribution in [0.4, 0.5) is 11.6 Å². The van der Waals surface area contributed by atoms with Crippen LogP contribution in [-0.2, 0) is 6.42 Å². The van der Waals surface area contributed by atoms with Crippen molar-refractivity contribution in [3.8, 4) is 11.4 Å². The van der Waals surface area contributed by atoms with Gasteiger partial charge >= 0.3 is 0 Å². The minimum absolute atomic E-state index is 0.513. The fraction of sp³-hybridized carbons (Fsp3) is 0.269. The van der Waals surface area contributed by atoms with Gasteiger partial charge in [-0.2, -0.15) is 0 Å². The molecule has 2 N–H and O–H groups in total. The van der Waals surface area contributed by atoms with E-state index < -0.39 is 0 Å². The number of piperazine rings is 1. The van der Waals surface area contributed by atoms with Gasteiger partial charge in [0.2, 0.25) is 0 Å². The summed E-state index contributed by atoms with van der Waals surface area (Å²) in [6.45, 7) is 2.87. The van der Waals surface area contributed by atoms with Crippen molar-refractivity contribution in [3.63, 3.8) is 0 Å². The molecule has 2 fully saturated rings. The maximum atomic E-state index is 5.07. The molecule has 6 nitrogen and oxygen atoms in total. The van der Waals surface area contributed by atoms with E-state index in [9.17, 15) is 0 Å². The Bertz CT molecular complexity index is 1240. The third-order valence-electron chi connectivity index (χ3n) is 6.49. The van der Waals surface area contributed by atoms with Crippen molar-refractivity contribution in [2.24, 2.45) is 0 Å². The van der Waals surface area contributed by atoms with Gasteiger partial charge in [-0.05, 0) is 42.7 Å². The molecule has 6 rings (SSSR count). The Hall–Kier alpha value is -3.51. The summed E-state index contributed by atoms with van der Waals surface area (Å²) in [4.78, 5) is 16.9. The first kappa shape index (κ1) is 19.2. The van der Waals surface area contributed by atoms with E-state index in [1.54, 1.807) is 0 Å². The molecule has 2 atom stereocenters. The lowest BCUT2D eigenvalue weighted by atomic mass is 10.1. The molecule has 0 amide bonds. The summed E-state index contributed by atoms with van der Waals surface area (Å²) >= 11 is 0. The van der Waals surface area contributed by atoms with Crippen LogP contribution in [0.1, 0.15) is 12.0 Å². The minimum Gasteiger partial charge on any atom is -0.370 e. The van der Waals surface area contributed by atoms with Crippen molar-refractivity contribution in [1.29, 1.82) is 0 Å². The second-order valence-electron chi connectivity index (χ2n) is 8.63. The summed E-state index contributed by atoms with van der Waals surface area (Å²) in [7, 11) is 0. The van der Waals surface area contributed by atoms with Gasteiger partial charge in [0.05, 0.1) is 5.52 Å². The van der Waals surface area contributed by atoms with Gasteiger partial charge in [0.25, 0.3) is 0 Å². The Labute approximate surface area is 187 Å². The number of nitrogens with zero attached hydrogens (tertiary/aromatic N) is 4. The molecule has 0 radical (unpaired) electrons. The van der Waals surface area contributed by atoms with Crippen molar-refractivity contribution < 1.29 is 0 Å². The zero-order valence-electron chi connectivity index (χ0n) is 17.9. The maximum Gasteiger partial charge on any atom is 0.162 e. The van der Waals surface area contributed by atoms with E-state index >= 15 is 0 Å². The van der Waals surface area contributed by atoms with Crippen LogP contribution in [-0.4, -0.2) is 46.7 Å². The Morgan fingerprint density at radius 2 is 1.88 bits per heavy atom. The van der Waals surface area contributed by atoms with Gasteiger partial charge in [-0.25, -0.2) is 15.0 Å². The van der Waals surface area contributed by atoms with Crippen molar-refractivity contribution in [3.05, 3.63) is 78.5 Å². The predicted octanol–water partition coefficient (Wildman–Crippen LogP) is 3.90. The SMILES string of the molecule is c1ccc(CCNc2cc(-c3nc(N4CC5C[C@H]4CN5)c4ccccc4n3)ccn2)cc1. The topological polar surface area (TPSA) is 66.0 Å². The van der Waals surface area contributed by atoms with Crippen molar-refractivity contribution >= 4 is 22.5 Å². The van der Waals surface area contributed by atoms with E-state index in [4.69, 9.17) is 9.97 Å². The van der Waals surface area contributed by atoms with Crippen LogP contribution in [0.2, 0.25) is 0 Å². The van der Waals surface area contributed by atoms with Crippen molar-refractivity contribution in [1.82, 2.24) is 20.3 Å². The van der Waals surface area contributed by atoms with Gasteiger partial charge < -0.3 is 15.5 Å². The first-order valence-electron chi connectivity index (χ1n) is 11.3. The van der Waals surface area contributed by atoms with Crippen LogP contribution in [0.25, 0.3) is 22.3 Å². The summed E-state index contributed by atoms with van der Waals surface area (Å²) in [6.07, 6.45) is 3.98. The normalized spacial score (nSPS) is 19.6. The third kappa shape index (κ3) is 3.67. The van der Waals surface area contributed by atoms with Gasteiger partial charge in [0.1, 0.15) is 11.6 Å². The number of aromatic nitrogens is 3. The van der Waals surface area contributed by atoms with Crippen LogP contribution in [0.3, 0.4) is 0 Å². The second kappa shape index (κ2) is 8.20. The van der Waals surface area contributed by atoms with Crippen molar-refractivity contribution in [2.75, 3.05) is 29.9 Å². The minimum atomic E-state index is 0.513. The lowest BCUT2D eigenvalue weighted by Crippen LogP contribution is -2.44. The third-order valence-corrected chi connectivity index (χ3v) is 6.49. The van der Waals surface area contributed by atoms with E-state index in [0.29, 0.717) is 12.1 Å². The van der Waals surface area contributed by atoms with Crippen LogP contribution in [0, 0.1) is 0 Å². The molecule has 1 unspecified atom stereocenters. The number of anilines is 2. The Morgan fingerprint density at radius 1 is 1.00 bits per heavy atom. The molecule has 6 heteroatoms. The lowest BCUT2D eigenvalue weighted by Gasteiger charge is -2.29. The van der Waals surface area contributed by atoms with Crippen LogP contribution in [0.5, 0.6) is 0 Å². The Morgan fingerprint density at radius 3 is 2.72 bits per heavy atom. The highest BCUT2D eigenvalue weighted by Crippen LogP contribution is 2.34. The molecule has 2 aliphatic rings. The zero-order valence-corrected chi connectivity index (χ0v) is 17.9. The average molecular weight is 423 g/mol. The van der Waals surface area contributed by atoms with E-state index in [0.717, 1.165) is 60.0 Å². The molecule has 0 aliphatic carbocycles. The van der Waals surface area contributed by atoms with E-state index in [-0.39, 0.29) is 0 Å². The molecule has 2 bridgehead atoms. The molecule has 160 valence electrons. The molecule has 32 heavy (non-hydrogen) atoms. The highest BCUT2D eigenvalue weighted by molar-refractivity contribution is 5.91. The molecule has 2 aliphatic heterocycles. The van der Waals surface area contributed by atoms with Gasteiger partial charge in [-0.15, -0.1) is 0 Å². The van der Waals surface area contributed by atoms with Crippen LogP contribution >= 0.6 is 0 Å². The zero-order chi connectivity index (χ0) is 21.3. The lowest BCUT2D eigenvalue weighted by molar-refractivity contribution is 0.577. The van der Waals surface area contributed by atoms with Gasteiger partial charge in [-0.3, -0.25) is 0 Å². The fourth-order valence-electron chi connectivity index (χ4n) is 4.87. The average Bonchev–Trinajstić information content (AvgIpc) is 3.48.